The topological polar surface area (TPSA) is 67.4 Å². The molecule has 2 amide bonds. The molecule has 0 spiro atoms. The zero-order chi connectivity index (χ0) is 12.0. The standard InChI is InChI=1S/C11H12N2O3/c1-3-10(14)12-8-5-4-6-9(7-8)13-11(15)16-2/h3-7H,1H2,2H3,(H,12,14)(H,13,15). The molecule has 1 aromatic carbocycles. The summed E-state index contributed by atoms with van der Waals surface area (Å²) in [5.74, 6) is -0.310. The van der Waals surface area contributed by atoms with Crippen LogP contribution < -0.4 is 10.6 Å². The SMILES string of the molecule is C=CC(=O)Nc1cccc(NC(=O)OC)c1. The number of amides is 2. The summed E-state index contributed by atoms with van der Waals surface area (Å²) in [5.41, 5.74) is 1.10. The second-order valence-electron chi connectivity index (χ2n) is 2.89. The largest absolute Gasteiger partial charge is 0.453 e. The molecule has 2 N–H and O–H groups in total. The molecule has 16 heavy (non-hydrogen) atoms. The highest BCUT2D eigenvalue weighted by atomic mass is 16.5. The van der Waals surface area contributed by atoms with E-state index in [1.807, 2.05) is 0 Å². The zero-order valence-electron chi connectivity index (χ0n) is 8.82. The maximum Gasteiger partial charge on any atom is 0.411 e. The summed E-state index contributed by atoms with van der Waals surface area (Å²) in [7, 11) is 1.28. The van der Waals surface area contributed by atoms with E-state index in [9.17, 15) is 9.59 Å². The van der Waals surface area contributed by atoms with Gasteiger partial charge in [0.25, 0.3) is 0 Å². The smallest absolute Gasteiger partial charge is 0.411 e. The second kappa shape index (κ2) is 5.55. The van der Waals surface area contributed by atoms with E-state index < -0.39 is 6.09 Å². The Hall–Kier alpha value is -2.30. The van der Waals surface area contributed by atoms with E-state index in [-0.39, 0.29) is 5.91 Å². The number of carbonyl (C=O) groups excluding carboxylic acids is 2. The minimum absolute atomic E-state index is 0.310. The number of anilines is 2. The van der Waals surface area contributed by atoms with E-state index >= 15 is 0 Å². The van der Waals surface area contributed by atoms with Gasteiger partial charge < -0.3 is 10.1 Å². The van der Waals surface area contributed by atoms with Gasteiger partial charge >= 0.3 is 6.09 Å². The second-order valence-corrected chi connectivity index (χ2v) is 2.89. The lowest BCUT2D eigenvalue weighted by Gasteiger charge is -2.06. The van der Waals surface area contributed by atoms with Crippen molar-refractivity contribution in [3.05, 3.63) is 36.9 Å². The third-order valence-corrected chi connectivity index (χ3v) is 1.75. The van der Waals surface area contributed by atoms with E-state index in [1.165, 1.54) is 13.2 Å². The molecule has 0 heterocycles. The predicted molar refractivity (Wildman–Crippen MR) is 61.3 cm³/mol. The van der Waals surface area contributed by atoms with Gasteiger partial charge in [-0.3, -0.25) is 10.1 Å². The summed E-state index contributed by atoms with van der Waals surface area (Å²) < 4.78 is 4.44. The van der Waals surface area contributed by atoms with E-state index in [0.29, 0.717) is 11.4 Å². The molecule has 0 radical (unpaired) electrons. The van der Waals surface area contributed by atoms with E-state index in [1.54, 1.807) is 24.3 Å². The monoisotopic (exact) mass is 220 g/mol. The van der Waals surface area contributed by atoms with Crippen LogP contribution in [0, 0.1) is 0 Å². The quantitative estimate of drug-likeness (QED) is 0.765. The molecule has 0 saturated heterocycles. The van der Waals surface area contributed by atoms with Crippen LogP contribution in [-0.2, 0) is 9.53 Å². The maximum atomic E-state index is 11.0. The maximum absolute atomic E-state index is 11.0. The lowest BCUT2D eigenvalue weighted by Crippen LogP contribution is -2.12. The van der Waals surface area contributed by atoms with Crippen LogP contribution in [0.25, 0.3) is 0 Å². The van der Waals surface area contributed by atoms with Crippen molar-refractivity contribution in [1.29, 1.82) is 0 Å². The molecule has 0 saturated carbocycles. The van der Waals surface area contributed by atoms with Crippen molar-refractivity contribution in [3.63, 3.8) is 0 Å². The number of nitrogens with one attached hydrogen (secondary N) is 2. The molecule has 0 aliphatic carbocycles. The first-order valence-corrected chi connectivity index (χ1v) is 4.54. The van der Waals surface area contributed by atoms with Gasteiger partial charge in [0.2, 0.25) is 5.91 Å². The minimum Gasteiger partial charge on any atom is -0.453 e. The number of benzene rings is 1. The first-order chi connectivity index (χ1) is 7.65. The highest BCUT2D eigenvalue weighted by Crippen LogP contribution is 2.15. The van der Waals surface area contributed by atoms with Crippen molar-refractivity contribution >= 4 is 23.4 Å². The number of methoxy groups -OCH3 is 1. The Labute approximate surface area is 93.1 Å². The molecule has 84 valence electrons. The Bertz CT molecular complexity index is 415. The number of carbonyl (C=O) groups is 2. The molecule has 0 unspecified atom stereocenters. The zero-order valence-corrected chi connectivity index (χ0v) is 8.82. The minimum atomic E-state index is -0.563. The fourth-order valence-electron chi connectivity index (χ4n) is 1.04. The summed E-state index contributed by atoms with van der Waals surface area (Å²) in [6, 6.07) is 6.69. The Morgan fingerprint density at radius 2 is 1.94 bits per heavy atom. The third kappa shape index (κ3) is 3.45. The molecular weight excluding hydrogens is 208 g/mol. The molecule has 0 aromatic heterocycles. The molecule has 1 aromatic rings. The van der Waals surface area contributed by atoms with Crippen molar-refractivity contribution in [2.75, 3.05) is 17.7 Å². The normalized spacial score (nSPS) is 9.06. The van der Waals surface area contributed by atoms with Crippen LogP contribution in [0.2, 0.25) is 0 Å². The van der Waals surface area contributed by atoms with E-state index in [4.69, 9.17) is 0 Å². The summed E-state index contributed by atoms with van der Waals surface area (Å²) in [5, 5.41) is 5.06. The van der Waals surface area contributed by atoms with Gasteiger partial charge in [0, 0.05) is 11.4 Å². The van der Waals surface area contributed by atoms with Gasteiger partial charge in [-0.2, -0.15) is 0 Å². The van der Waals surface area contributed by atoms with Gasteiger partial charge in [-0.05, 0) is 24.3 Å². The molecule has 0 atom stereocenters. The molecule has 0 fully saturated rings. The highest BCUT2D eigenvalue weighted by Gasteiger charge is 2.02. The van der Waals surface area contributed by atoms with Crippen LogP contribution in [0.3, 0.4) is 0 Å². The Morgan fingerprint density at radius 1 is 1.31 bits per heavy atom. The molecule has 0 bridgehead atoms. The summed E-state index contributed by atoms with van der Waals surface area (Å²) in [4.78, 5) is 22.0. The summed E-state index contributed by atoms with van der Waals surface area (Å²) in [6.07, 6.45) is 0.604. The predicted octanol–water partition coefficient (Wildman–Crippen LogP) is 1.99. The molecule has 5 nitrogen and oxygen atoms in total. The Kier molecular flexibility index (Phi) is 4.08. The first-order valence-electron chi connectivity index (χ1n) is 4.54. The average Bonchev–Trinajstić information content (AvgIpc) is 2.29. The van der Waals surface area contributed by atoms with E-state index in [0.717, 1.165) is 0 Å². The van der Waals surface area contributed by atoms with Crippen LogP contribution in [0.1, 0.15) is 0 Å². The fourth-order valence-corrected chi connectivity index (χ4v) is 1.04. The number of ether oxygens (including phenoxy) is 1. The van der Waals surface area contributed by atoms with Crippen molar-refractivity contribution < 1.29 is 14.3 Å². The molecule has 5 heteroatoms. The lowest BCUT2D eigenvalue weighted by molar-refractivity contribution is -0.111. The number of rotatable bonds is 3. The van der Waals surface area contributed by atoms with Gasteiger partial charge in [0.15, 0.2) is 0 Å². The van der Waals surface area contributed by atoms with Gasteiger partial charge in [0.05, 0.1) is 7.11 Å². The van der Waals surface area contributed by atoms with E-state index in [2.05, 4.69) is 21.9 Å². The highest BCUT2D eigenvalue weighted by molar-refractivity contribution is 5.99. The fraction of sp³-hybridized carbons (Fsp3) is 0.0909. The Balaban J connectivity index is 2.74. The van der Waals surface area contributed by atoms with Crippen LogP contribution in [0.15, 0.2) is 36.9 Å². The molecule has 0 aliphatic heterocycles. The number of hydrogen-bond acceptors (Lipinski definition) is 3. The van der Waals surface area contributed by atoms with Crippen molar-refractivity contribution in [2.45, 2.75) is 0 Å². The van der Waals surface area contributed by atoms with Gasteiger partial charge in [0.1, 0.15) is 0 Å². The van der Waals surface area contributed by atoms with Crippen LogP contribution >= 0.6 is 0 Å². The van der Waals surface area contributed by atoms with Gasteiger partial charge in [-0.1, -0.05) is 12.6 Å². The van der Waals surface area contributed by atoms with Crippen LogP contribution in [-0.4, -0.2) is 19.1 Å². The van der Waals surface area contributed by atoms with Gasteiger partial charge in [-0.25, -0.2) is 4.79 Å². The first kappa shape index (κ1) is 11.8. The summed E-state index contributed by atoms with van der Waals surface area (Å²) >= 11 is 0. The van der Waals surface area contributed by atoms with Crippen molar-refractivity contribution in [1.82, 2.24) is 0 Å². The molecule has 0 aliphatic rings. The molecular formula is C11H12N2O3. The summed E-state index contributed by atoms with van der Waals surface area (Å²) in [6.45, 7) is 3.34. The van der Waals surface area contributed by atoms with Crippen LogP contribution in [0.5, 0.6) is 0 Å². The lowest BCUT2D eigenvalue weighted by atomic mass is 10.2. The van der Waals surface area contributed by atoms with Gasteiger partial charge in [-0.15, -0.1) is 0 Å². The van der Waals surface area contributed by atoms with Crippen molar-refractivity contribution in [3.8, 4) is 0 Å². The van der Waals surface area contributed by atoms with Crippen LogP contribution in [0.4, 0.5) is 16.2 Å². The Morgan fingerprint density at radius 3 is 2.50 bits per heavy atom. The average molecular weight is 220 g/mol. The van der Waals surface area contributed by atoms with Crippen molar-refractivity contribution in [2.24, 2.45) is 0 Å². The third-order valence-electron chi connectivity index (χ3n) is 1.75. The molecule has 1 rings (SSSR count). The number of hydrogen-bond donors (Lipinski definition) is 2.